The predicted molar refractivity (Wildman–Crippen MR) is 72.0 cm³/mol. The molecule has 1 heterocycles. The van der Waals surface area contributed by atoms with E-state index in [1.165, 1.54) is 7.11 Å². The van der Waals surface area contributed by atoms with Crippen molar-refractivity contribution < 1.29 is 13.9 Å². The van der Waals surface area contributed by atoms with Crippen molar-refractivity contribution in [2.45, 2.75) is 18.8 Å². The van der Waals surface area contributed by atoms with Crippen LogP contribution < -0.4 is 14.8 Å². The minimum absolute atomic E-state index is 0.237. The first kappa shape index (κ1) is 13.6. The van der Waals surface area contributed by atoms with Crippen LogP contribution in [0.5, 0.6) is 11.5 Å². The molecule has 1 aromatic rings. The largest absolute Gasteiger partial charge is 0.493 e. The summed E-state index contributed by atoms with van der Waals surface area (Å²) in [4.78, 5) is 0. The zero-order chi connectivity index (χ0) is 13.1. The lowest BCUT2D eigenvalue weighted by molar-refractivity contribution is 0.346. The molecule has 0 radical (unpaired) electrons. The van der Waals surface area contributed by atoms with E-state index < -0.39 is 0 Å². The highest BCUT2D eigenvalue weighted by Gasteiger charge is 2.24. The van der Waals surface area contributed by atoms with Crippen LogP contribution in [0.25, 0.3) is 0 Å². The van der Waals surface area contributed by atoms with Gasteiger partial charge in [0, 0.05) is 0 Å². The van der Waals surface area contributed by atoms with Crippen LogP contribution in [0.15, 0.2) is 10.5 Å². The molecule has 1 aliphatic rings. The highest BCUT2D eigenvalue weighted by atomic mass is 79.9. The fraction of sp³-hybridized carbons (Fsp3) is 0.538. The maximum atomic E-state index is 14.3. The summed E-state index contributed by atoms with van der Waals surface area (Å²) in [6, 6.07) is 1.76. The zero-order valence-electron chi connectivity index (χ0n) is 10.6. The molecule has 0 saturated carbocycles. The summed E-state index contributed by atoms with van der Waals surface area (Å²) < 4.78 is 25.1. The maximum absolute atomic E-state index is 14.3. The number of nitrogens with one attached hydrogen (secondary N) is 1. The standard InChI is InChI=1S/C13H17BrFNO2/c1-17-10-7-9(8-3-5-16-6-4-8)12(15)11(14)13(10)18-2/h7-8,16H,3-6H2,1-2H3. The molecule has 0 atom stereocenters. The van der Waals surface area contributed by atoms with E-state index in [0.717, 1.165) is 25.9 Å². The number of hydrogen-bond donors (Lipinski definition) is 1. The highest BCUT2D eigenvalue weighted by Crippen LogP contribution is 2.42. The van der Waals surface area contributed by atoms with Crippen molar-refractivity contribution in [3.8, 4) is 11.5 Å². The van der Waals surface area contributed by atoms with E-state index >= 15 is 0 Å². The Morgan fingerprint density at radius 3 is 2.50 bits per heavy atom. The first-order valence-corrected chi connectivity index (χ1v) is 6.79. The lowest BCUT2D eigenvalue weighted by Crippen LogP contribution is -2.27. The van der Waals surface area contributed by atoms with Crippen LogP contribution >= 0.6 is 15.9 Å². The van der Waals surface area contributed by atoms with Crippen molar-refractivity contribution in [3.05, 3.63) is 21.9 Å². The summed E-state index contributed by atoms with van der Waals surface area (Å²) in [7, 11) is 3.07. The average Bonchev–Trinajstić information content (AvgIpc) is 2.42. The molecule has 0 unspecified atom stereocenters. The molecule has 0 aliphatic carbocycles. The number of methoxy groups -OCH3 is 2. The second kappa shape index (κ2) is 5.89. The Hall–Kier alpha value is -0.810. The Morgan fingerprint density at radius 2 is 1.94 bits per heavy atom. The molecule has 3 nitrogen and oxygen atoms in total. The van der Waals surface area contributed by atoms with Gasteiger partial charge in [-0.1, -0.05) is 0 Å². The van der Waals surface area contributed by atoms with Crippen LogP contribution in [0.2, 0.25) is 0 Å². The minimum atomic E-state index is -0.237. The molecule has 0 amide bonds. The first-order valence-electron chi connectivity index (χ1n) is 5.99. The Bertz CT molecular complexity index is 433. The quantitative estimate of drug-likeness (QED) is 0.929. The number of halogens is 2. The summed E-state index contributed by atoms with van der Waals surface area (Å²) in [5.41, 5.74) is 0.709. The number of ether oxygens (including phenoxy) is 2. The number of hydrogen-bond acceptors (Lipinski definition) is 3. The molecule has 1 saturated heterocycles. The van der Waals surface area contributed by atoms with Crippen molar-refractivity contribution in [1.82, 2.24) is 5.32 Å². The van der Waals surface area contributed by atoms with Crippen LogP contribution in [0.4, 0.5) is 4.39 Å². The van der Waals surface area contributed by atoms with Gasteiger partial charge in [0.15, 0.2) is 11.5 Å². The molecule has 0 spiro atoms. The van der Waals surface area contributed by atoms with E-state index in [9.17, 15) is 4.39 Å². The molecule has 2 rings (SSSR count). The van der Waals surface area contributed by atoms with Gasteiger partial charge >= 0.3 is 0 Å². The third-order valence-corrected chi connectivity index (χ3v) is 4.07. The SMILES string of the molecule is COc1cc(C2CCNCC2)c(F)c(Br)c1OC. The topological polar surface area (TPSA) is 30.5 Å². The van der Waals surface area contributed by atoms with Crippen LogP contribution in [-0.4, -0.2) is 27.3 Å². The fourth-order valence-electron chi connectivity index (χ4n) is 2.38. The van der Waals surface area contributed by atoms with E-state index in [1.54, 1.807) is 13.2 Å². The van der Waals surface area contributed by atoms with E-state index in [2.05, 4.69) is 21.2 Å². The third kappa shape index (κ3) is 2.47. The second-order valence-corrected chi connectivity index (χ2v) is 5.15. The van der Waals surface area contributed by atoms with E-state index in [0.29, 0.717) is 21.5 Å². The van der Waals surface area contributed by atoms with Crippen molar-refractivity contribution in [2.24, 2.45) is 0 Å². The van der Waals surface area contributed by atoms with Crippen LogP contribution in [0.1, 0.15) is 24.3 Å². The van der Waals surface area contributed by atoms with Crippen molar-refractivity contribution >= 4 is 15.9 Å². The molecule has 1 N–H and O–H groups in total. The summed E-state index contributed by atoms with van der Waals surface area (Å²) in [5, 5.41) is 3.28. The average molecular weight is 318 g/mol. The van der Waals surface area contributed by atoms with Crippen molar-refractivity contribution in [2.75, 3.05) is 27.3 Å². The van der Waals surface area contributed by atoms with Gasteiger partial charge in [-0.25, -0.2) is 4.39 Å². The van der Waals surface area contributed by atoms with E-state index in [4.69, 9.17) is 9.47 Å². The maximum Gasteiger partial charge on any atom is 0.177 e. The van der Waals surface area contributed by atoms with Crippen LogP contribution in [-0.2, 0) is 0 Å². The zero-order valence-corrected chi connectivity index (χ0v) is 12.1. The monoisotopic (exact) mass is 317 g/mol. The van der Waals surface area contributed by atoms with Gasteiger partial charge in [-0.3, -0.25) is 0 Å². The van der Waals surface area contributed by atoms with Gasteiger partial charge in [-0.2, -0.15) is 0 Å². The van der Waals surface area contributed by atoms with Gasteiger partial charge in [0.25, 0.3) is 0 Å². The number of piperidine rings is 1. The molecule has 18 heavy (non-hydrogen) atoms. The highest BCUT2D eigenvalue weighted by molar-refractivity contribution is 9.10. The van der Waals surface area contributed by atoms with Gasteiger partial charge < -0.3 is 14.8 Å². The van der Waals surface area contributed by atoms with Gasteiger partial charge in [-0.05, 0) is 59.4 Å². The molecule has 5 heteroatoms. The first-order chi connectivity index (χ1) is 8.69. The van der Waals surface area contributed by atoms with Crippen LogP contribution in [0, 0.1) is 5.82 Å². The summed E-state index contributed by atoms with van der Waals surface area (Å²) >= 11 is 3.25. The fourth-order valence-corrected chi connectivity index (χ4v) is 2.96. The van der Waals surface area contributed by atoms with E-state index in [1.807, 2.05) is 0 Å². The molecule has 0 bridgehead atoms. The van der Waals surface area contributed by atoms with E-state index in [-0.39, 0.29) is 11.7 Å². The smallest absolute Gasteiger partial charge is 0.177 e. The number of rotatable bonds is 3. The normalized spacial score (nSPS) is 16.7. The Balaban J connectivity index is 2.44. The van der Waals surface area contributed by atoms with Gasteiger partial charge in [-0.15, -0.1) is 0 Å². The summed E-state index contributed by atoms with van der Waals surface area (Å²) in [6.45, 7) is 1.85. The Morgan fingerprint density at radius 1 is 1.28 bits per heavy atom. The second-order valence-electron chi connectivity index (χ2n) is 4.35. The molecule has 1 aromatic carbocycles. The molecule has 1 fully saturated rings. The van der Waals surface area contributed by atoms with Gasteiger partial charge in [0.1, 0.15) is 5.82 Å². The van der Waals surface area contributed by atoms with Gasteiger partial charge in [0.2, 0.25) is 0 Å². The summed E-state index contributed by atoms with van der Waals surface area (Å²) in [6.07, 6.45) is 1.89. The Kier molecular flexibility index (Phi) is 4.45. The predicted octanol–water partition coefficient (Wildman–Crippen LogP) is 3.07. The minimum Gasteiger partial charge on any atom is -0.493 e. The van der Waals surface area contributed by atoms with Crippen molar-refractivity contribution in [1.29, 1.82) is 0 Å². The van der Waals surface area contributed by atoms with Crippen LogP contribution in [0.3, 0.4) is 0 Å². The molecule has 1 aliphatic heterocycles. The molecular weight excluding hydrogens is 301 g/mol. The lowest BCUT2D eigenvalue weighted by atomic mass is 9.89. The molecule has 0 aromatic heterocycles. The van der Waals surface area contributed by atoms with Crippen molar-refractivity contribution in [3.63, 3.8) is 0 Å². The molecule has 100 valence electrons. The van der Waals surface area contributed by atoms with Gasteiger partial charge in [0.05, 0.1) is 18.7 Å². The summed E-state index contributed by atoms with van der Waals surface area (Å²) in [5.74, 6) is 0.980. The Labute approximate surface area is 115 Å². The lowest BCUT2D eigenvalue weighted by Gasteiger charge is -2.24. The molecular formula is C13H17BrFNO2. The number of benzene rings is 1. The third-order valence-electron chi connectivity index (χ3n) is 3.36.